The molecule has 2 heteroatoms. The summed E-state index contributed by atoms with van der Waals surface area (Å²) in [5, 5.41) is 8.84. The van der Waals surface area contributed by atoms with Crippen molar-refractivity contribution in [2.75, 3.05) is 0 Å². The van der Waals surface area contributed by atoms with Gasteiger partial charge in [0, 0.05) is 5.92 Å². The summed E-state index contributed by atoms with van der Waals surface area (Å²) >= 11 is 0. The number of azo groups is 1. The largest absolute Gasteiger partial charge is 0.190 e. The third-order valence-electron chi connectivity index (χ3n) is 3.56. The lowest BCUT2D eigenvalue weighted by Crippen LogP contribution is -2.24. The van der Waals surface area contributed by atoms with E-state index in [1.54, 1.807) is 0 Å². The molecule has 1 aliphatic carbocycles. The molecule has 0 aromatic heterocycles. The maximum atomic E-state index is 4.44. The van der Waals surface area contributed by atoms with Crippen LogP contribution in [-0.4, -0.2) is 12.1 Å². The van der Waals surface area contributed by atoms with Gasteiger partial charge in [0.05, 0.1) is 12.1 Å². The molecule has 3 unspecified atom stereocenters. The zero-order valence-corrected chi connectivity index (χ0v) is 8.58. The summed E-state index contributed by atoms with van der Waals surface area (Å²) in [4.78, 5) is 0. The van der Waals surface area contributed by atoms with Crippen LogP contribution in [0.4, 0.5) is 0 Å². The number of rotatable bonds is 1. The van der Waals surface area contributed by atoms with Crippen LogP contribution in [0.5, 0.6) is 0 Å². The van der Waals surface area contributed by atoms with E-state index in [9.17, 15) is 0 Å². The first-order chi connectivity index (χ1) is 6.42. The van der Waals surface area contributed by atoms with Crippen LogP contribution in [0.3, 0.4) is 0 Å². The van der Waals surface area contributed by atoms with E-state index in [4.69, 9.17) is 0 Å². The van der Waals surface area contributed by atoms with E-state index in [2.05, 4.69) is 17.2 Å². The van der Waals surface area contributed by atoms with Crippen LogP contribution in [0, 0.1) is 5.92 Å². The minimum Gasteiger partial charge on any atom is -0.190 e. The predicted molar refractivity (Wildman–Crippen MR) is 53.9 cm³/mol. The molecule has 0 saturated heterocycles. The molecule has 1 heterocycles. The average molecular weight is 180 g/mol. The Morgan fingerprint density at radius 3 is 2.54 bits per heavy atom. The third-order valence-corrected chi connectivity index (χ3v) is 3.56. The molecule has 3 atom stereocenters. The van der Waals surface area contributed by atoms with Gasteiger partial charge in [0.25, 0.3) is 0 Å². The first-order valence-corrected chi connectivity index (χ1v) is 5.81. The maximum absolute atomic E-state index is 4.44. The summed E-state index contributed by atoms with van der Waals surface area (Å²) in [6, 6.07) is 1.15. The molecule has 1 saturated carbocycles. The Balaban J connectivity index is 1.99. The fraction of sp³-hybridized carbons (Fsp3) is 1.00. The summed E-state index contributed by atoms with van der Waals surface area (Å²) in [6.07, 6.45) is 9.47. The molecule has 0 bridgehead atoms. The second kappa shape index (κ2) is 4.21. The zero-order valence-electron chi connectivity index (χ0n) is 8.58. The molecule has 0 aromatic rings. The lowest BCUT2D eigenvalue weighted by molar-refractivity contribution is 0.323. The molecule has 2 nitrogen and oxygen atoms in total. The third kappa shape index (κ3) is 1.92. The Hall–Kier alpha value is -0.400. The van der Waals surface area contributed by atoms with Crippen molar-refractivity contribution in [2.24, 2.45) is 16.1 Å². The van der Waals surface area contributed by atoms with Crippen LogP contribution in [-0.2, 0) is 0 Å². The van der Waals surface area contributed by atoms with Crippen molar-refractivity contribution < 1.29 is 0 Å². The van der Waals surface area contributed by atoms with Crippen LogP contribution in [0.2, 0.25) is 0 Å². The Morgan fingerprint density at radius 1 is 1.00 bits per heavy atom. The first-order valence-electron chi connectivity index (χ1n) is 5.81. The average Bonchev–Trinajstić information content (AvgIpc) is 2.46. The van der Waals surface area contributed by atoms with E-state index >= 15 is 0 Å². The smallest absolute Gasteiger partial charge is 0.0757 e. The summed E-state index contributed by atoms with van der Waals surface area (Å²) in [7, 11) is 0. The fourth-order valence-corrected chi connectivity index (χ4v) is 2.73. The summed E-state index contributed by atoms with van der Waals surface area (Å²) in [5.74, 6) is 0.797. The van der Waals surface area contributed by atoms with Crippen LogP contribution in [0.1, 0.15) is 51.9 Å². The van der Waals surface area contributed by atoms with Gasteiger partial charge in [0.1, 0.15) is 0 Å². The van der Waals surface area contributed by atoms with E-state index in [0.29, 0.717) is 12.1 Å². The highest BCUT2D eigenvalue weighted by Gasteiger charge is 2.33. The Labute approximate surface area is 80.8 Å². The molecule has 74 valence electrons. The maximum Gasteiger partial charge on any atom is 0.0757 e. The van der Waals surface area contributed by atoms with Gasteiger partial charge < -0.3 is 0 Å². The van der Waals surface area contributed by atoms with Crippen molar-refractivity contribution in [2.45, 2.75) is 64.0 Å². The molecule has 0 radical (unpaired) electrons. The topological polar surface area (TPSA) is 24.7 Å². The van der Waals surface area contributed by atoms with Gasteiger partial charge in [0.15, 0.2) is 0 Å². The minimum atomic E-state index is 0.558. The minimum absolute atomic E-state index is 0.558. The van der Waals surface area contributed by atoms with Crippen LogP contribution < -0.4 is 0 Å². The van der Waals surface area contributed by atoms with E-state index in [0.717, 1.165) is 5.92 Å². The van der Waals surface area contributed by atoms with Gasteiger partial charge in [-0.15, -0.1) is 0 Å². The second-order valence-corrected chi connectivity index (χ2v) is 4.43. The van der Waals surface area contributed by atoms with Crippen LogP contribution in [0.25, 0.3) is 0 Å². The highest BCUT2D eigenvalue weighted by Crippen LogP contribution is 2.34. The van der Waals surface area contributed by atoms with Crippen LogP contribution in [0.15, 0.2) is 10.2 Å². The molecule has 1 fully saturated rings. The van der Waals surface area contributed by atoms with Gasteiger partial charge in [-0.3, -0.25) is 0 Å². The van der Waals surface area contributed by atoms with E-state index in [1.807, 2.05) is 0 Å². The summed E-state index contributed by atoms with van der Waals surface area (Å²) in [5.41, 5.74) is 0. The van der Waals surface area contributed by atoms with Gasteiger partial charge in [-0.05, 0) is 19.3 Å². The van der Waals surface area contributed by atoms with Gasteiger partial charge >= 0.3 is 0 Å². The molecular weight excluding hydrogens is 160 g/mol. The monoisotopic (exact) mass is 180 g/mol. The Kier molecular flexibility index (Phi) is 2.97. The SMILES string of the molecule is CCC1N=NC2CCCCCCC12. The zero-order chi connectivity index (χ0) is 9.10. The van der Waals surface area contributed by atoms with Crippen LogP contribution >= 0.6 is 0 Å². The summed E-state index contributed by atoms with van der Waals surface area (Å²) < 4.78 is 0. The molecule has 0 spiro atoms. The second-order valence-electron chi connectivity index (χ2n) is 4.43. The molecular formula is C11H20N2. The number of nitrogens with zero attached hydrogens (tertiary/aromatic N) is 2. The van der Waals surface area contributed by atoms with Crippen molar-refractivity contribution in [1.82, 2.24) is 0 Å². The first kappa shape index (κ1) is 9.17. The van der Waals surface area contributed by atoms with Crippen molar-refractivity contribution in [3.05, 3.63) is 0 Å². The number of hydrogen-bond donors (Lipinski definition) is 0. The lowest BCUT2D eigenvalue weighted by Gasteiger charge is -2.23. The molecule has 0 amide bonds. The van der Waals surface area contributed by atoms with Gasteiger partial charge in [-0.25, -0.2) is 0 Å². The van der Waals surface area contributed by atoms with E-state index < -0.39 is 0 Å². The summed E-state index contributed by atoms with van der Waals surface area (Å²) in [6.45, 7) is 2.24. The lowest BCUT2D eigenvalue weighted by atomic mass is 9.83. The molecule has 0 aromatic carbocycles. The van der Waals surface area contributed by atoms with Gasteiger partial charge in [-0.2, -0.15) is 10.2 Å². The highest BCUT2D eigenvalue weighted by molar-refractivity contribution is 4.90. The number of fused-ring (bicyclic) bond motifs is 1. The van der Waals surface area contributed by atoms with Crippen molar-refractivity contribution in [3.63, 3.8) is 0 Å². The normalized spacial score (nSPS) is 39.6. The fourth-order valence-electron chi connectivity index (χ4n) is 2.73. The van der Waals surface area contributed by atoms with E-state index in [-0.39, 0.29) is 0 Å². The van der Waals surface area contributed by atoms with E-state index in [1.165, 1.54) is 44.9 Å². The molecule has 2 aliphatic rings. The van der Waals surface area contributed by atoms with Crippen molar-refractivity contribution >= 4 is 0 Å². The molecule has 1 aliphatic heterocycles. The molecule has 13 heavy (non-hydrogen) atoms. The highest BCUT2D eigenvalue weighted by atomic mass is 15.2. The molecule has 0 N–H and O–H groups in total. The standard InChI is InChI=1S/C11H20N2/c1-2-10-9-7-5-3-4-6-8-11(9)13-12-10/h9-11H,2-8H2,1H3. The van der Waals surface area contributed by atoms with Gasteiger partial charge in [0.2, 0.25) is 0 Å². The van der Waals surface area contributed by atoms with Crippen molar-refractivity contribution in [1.29, 1.82) is 0 Å². The Morgan fingerprint density at radius 2 is 1.77 bits per heavy atom. The van der Waals surface area contributed by atoms with Gasteiger partial charge in [-0.1, -0.05) is 32.6 Å². The predicted octanol–water partition coefficient (Wildman–Crippen LogP) is 3.57. The Bertz CT molecular complexity index is 189. The quantitative estimate of drug-likeness (QED) is 0.589. The molecule has 2 rings (SSSR count). The number of hydrogen-bond acceptors (Lipinski definition) is 2. The van der Waals surface area contributed by atoms with Crippen molar-refractivity contribution in [3.8, 4) is 0 Å².